The number of rotatable bonds is 3. The third-order valence-electron chi connectivity index (χ3n) is 2.26. The summed E-state index contributed by atoms with van der Waals surface area (Å²) in [6, 6.07) is 7.24. The van der Waals surface area contributed by atoms with E-state index >= 15 is 0 Å². The fourth-order valence-electron chi connectivity index (χ4n) is 1.35. The Labute approximate surface area is 98.1 Å². The first-order chi connectivity index (χ1) is 8.16. The Hall–Kier alpha value is -2.43. The van der Waals surface area contributed by atoms with Crippen molar-refractivity contribution in [3.8, 4) is 5.69 Å². The lowest BCUT2D eigenvalue weighted by Gasteiger charge is -2.02. The van der Waals surface area contributed by atoms with Crippen molar-refractivity contribution in [1.82, 2.24) is 9.55 Å². The number of nitrogens with zero attached hydrogens (tertiary/aromatic N) is 3. The third kappa shape index (κ3) is 2.57. The molecular formula is C12H11N3O2. The zero-order valence-corrected chi connectivity index (χ0v) is 9.24. The molecule has 0 aliphatic carbocycles. The van der Waals surface area contributed by atoms with E-state index in [4.69, 9.17) is 5.11 Å². The van der Waals surface area contributed by atoms with Gasteiger partial charge >= 0.3 is 5.97 Å². The number of aromatic nitrogens is 2. The Bertz CT molecular complexity index is 542. The fraction of sp³-hybridized carbons (Fsp3) is 0.0833. The largest absolute Gasteiger partial charge is 0.477 e. The van der Waals surface area contributed by atoms with Crippen LogP contribution in [0.5, 0.6) is 0 Å². The average molecular weight is 229 g/mol. The first-order valence-electron chi connectivity index (χ1n) is 5.04. The Kier molecular flexibility index (Phi) is 3.00. The first-order valence-corrected chi connectivity index (χ1v) is 5.04. The third-order valence-corrected chi connectivity index (χ3v) is 2.26. The summed E-state index contributed by atoms with van der Waals surface area (Å²) in [5, 5.41) is 8.70. The molecule has 5 nitrogen and oxygen atoms in total. The summed E-state index contributed by atoms with van der Waals surface area (Å²) in [7, 11) is 0. The predicted octanol–water partition coefficient (Wildman–Crippen LogP) is 2.05. The van der Waals surface area contributed by atoms with Crippen molar-refractivity contribution in [3.63, 3.8) is 0 Å². The lowest BCUT2D eigenvalue weighted by Crippen LogP contribution is -2.07. The van der Waals surface area contributed by atoms with Gasteiger partial charge in [0.05, 0.1) is 12.0 Å². The molecule has 0 radical (unpaired) electrons. The first kappa shape index (κ1) is 11.1. The molecule has 1 N–H and O–H groups in total. The number of carbonyl (C=O) groups is 1. The van der Waals surface area contributed by atoms with Crippen LogP contribution in [0, 0.1) is 0 Å². The SMILES string of the molecule is CC(=Nc1ccc(-n2ccnc2)cc1)C(=O)O. The van der Waals surface area contributed by atoms with E-state index in [2.05, 4.69) is 9.98 Å². The van der Waals surface area contributed by atoms with Crippen LogP contribution in [0.15, 0.2) is 48.0 Å². The van der Waals surface area contributed by atoms with Gasteiger partial charge in [-0.1, -0.05) is 0 Å². The van der Waals surface area contributed by atoms with Gasteiger partial charge in [0.15, 0.2) is 0 Å². The van der Waals surface area contributed by atoms with Crippen molar-refractivity contribution < 1.29 is 9.90 Å². The van der Waals surface area contributed by atoms with Gasteiger partial charge in [-0.3, -0.25) is 0 Å². The van der Waals surface area contributed by atoms with Crippen LogP contribution in [0.3, 0.4) is 0 Å². The van der Waals surface area contributed by atoms with Crippen molar-refractivity contribution in [1.29, 1.82) is 0 Å². The molecule has 0 aliphatic heterocycles. The van der Waals surface area contributed by atoms with Crippen LogP contribution in [0.4, 0.5) is 5.69 Å². The maximum absolute atomic E-state index is 10.6. The number of hydrogen-bond donors (Lipinski definition) is 1. The molecule has 0 fully saturated rings. The fourth-order valence-corrected chi connectivity index (χ4v) is 1.35. The number of hydrogen-bond acceptors (Lipinski definition) is 3. The van der Waals surface area contributed by atoms with Gasteiger partial charge in [-0.05, 0) is 31.2 Å². The molecule has 17 heavy (non-hydrogen) atoms. The van der Waals surface area contributed by atoms with Gasteiger partial charge in [0.1, 0.15) is 5.71 Å². The molecule has 0 spiro atoms. The van der Waals surface area contributed by atoms with Crippen LogP contribution in [0.2, 0.25) is 0 Å². The quantitative estimate of drug-likeness (QED) is 0.819. The van der Waals surface area contributed by atoms with E-state index in [1.165, 1.54) is 6.92 Å². The lowest BCUT2D eigenvalue weighted by molar-refractivity contribution is -0.129. The minimum absolute atomic E-state index is 0.0698. The van der Waals surface area contributed by atoms with Gasteiger partial charge in [-0.15, -0.1) is 0 Å². The highest BCUT2D eigenvalue weighted by Crippen LogP contribution is 2.15. The van der Waals surface area contributed by atoms with Gasteiger partial charge in [-0.2, -0.15) is 0 Å². The van der Waals surface area contributed by atoms with Crippen LogP contribution in [0.25, 0.3) is 5.69 Å². The molecule has 0 saturated heterocycles. The predicted molar refractivity (Wildman–Crippen MR) is 64.0 cm³/mol. The van der Waals surface area contributed by atoms with Gasteiger partial charge in [0.2, 0.25) is 0 Å². The molecule has 0 aliphatic rings. The number of carboxylic acids is 1. The number of carboxylic acid groups (broad SMARTS) is 1. The maximum Gasteiger partial charge on any atom is 0.349 e. The summed E-state index contributed by atoms with van der Waals surface area (Å²) in [6.07, 6.45) is 5.22. The van der Waals surface area contributed by atoms with Crippen LogP contribution in [-0.4, -0.2) is 26.3 Å². The Morgan fingerprint density at radius 2 is 2.06 bits per heavy atom. The highest BCUT2D eigenvalue weighted by atomic mass is 16.4. The minimum atomic E-state index is -1.01. The number of aliphatic carboxylic acids is 1. The van der Waals surface area contributed by atoms with Crippen molar-refractivity contribution in [2.75, 3.05) is 0 Å². The molecule has 0 amide bonds. The van der Waals surface area contributed by atoms with Crippen molar-refractivity contribution in [2.45, 2.75) is 6.92 Å². The molecule has 1 heterocycles. The van der Waals surface area contributed by atoms with Crippen LogP contribution in [-0.2, 0) is 4.79 Å². The van der Waals surface area contributed by atoms with E-state index in [9.17, 15) is 4.79 Å². The van der Waals surface area contributed by atoms with Crippen LogP contribution < -0.4 is 0 Å². The smallest absolute Gasteiger partial charge is 0.349 e. The van der Waals surface area contributed by atoms with Gasteiger partial charge < -0.3 is 9.67 Å². The number of imidazole rings is 1. The molecule has 2 aromatic rings. The summed E-state index contributed by atoms with van der Waals surface area (Å²) in [6.45, 7) is 1.46. The van der Waals surface area contributed by atoms with Crippen LogP contribution in [0.1, 0.15) is 6.92 Å². The standard InChI is InChI=1S/C12H11N3O2/c1-9(12(16)17)14-10-2-4-11(5-3-10)15-7-6-13-8-15/h2-8H,1H3,(H,16,17). The second-order valence-electron chi connectivity index (χ2n) is 3.49. The second-order valence-corrected chi connectivity index (χ2v) is 3.49. The van der Waals surface area contributed by atoms with E-state index < -0.39 is 5.97 Å². The summed E-state index contributed by atoms with van der Waals surface area (Å²) in [5.74, 6) is -1.01. The molecule has 0 bridgehead atoms. The molecule has 1 aromatic carbocycles. The molecule has 2 rings (SSSR count). The highest BCUT2D eigenvalue weighted by Gasteiger charge is 2.01. The van der Waals surface area contributed by atoms with Gasteiger partial charge in [-0.25, -0.2) is 14.8 Å². The normalized spacial score (nSPS) is 11.5. The van der Waals surface area contributed by atoms with Gasteiger partial charge in [0.25, 0.3) is 0 Å². The Morgan fingerprint density at radius 3 is 2.59 bits per heavy atom. The Balaban J connectivity index is 2.25. The van der Waals surface area contributed by atoms with Crippen molar-refractivity contribution in [3.05, 3.63) is 43.0 Å². The second kappa shape index (κ2) is 4.61. The summed E-state index contributed by atoms with van der Waals surface area (Å²) >= 11 is 0. The molecule has 0 saturated carbocycles. The molecule has 0 atom stereocenters. The summed E-state index contributed by atoms with van der Waals surface area (Å²) in [4.78, 5) is 18.5. The molecular weight excluding hydrogens is 218 g/mol. The highest BCUT2D eigenvalue weighted by molar-refractivity contribution is 6.35. The van der Waals surface area contributed by atoms with E-state index in [0.717, 1.165) is 5.69 Å². The molecule has 0 unspecified atom stereocenters. The topological polar surface area (TPSA) is 67.5 Å². The molecule has 1 aromatic heterocycles. The summed E-state index contributed by atoms with van der Waals surface area (Å²) < 4.78 is 1.86. The van der Waals surface area contributed by atoms with Crippen LogP contribution >= 0.6 is 0 Å². The molecule has 86 valence electrons. The van der Waals surface area contributed by atoms with Crippen molar-refractivity contribution >= 4 is 17.4 Å². The number of aliphatic imine (C=N–C) groups is 1. The van der Waals surface area contributed by atoms with E-state index in [1.807, 2.05) is 22.9 Å². The number of benzene rings is 1. The molecule has 5 heteroatoms. The van der Waals surface area contributed by atoms with E-state index in [-0.39, 0.29) is 5.71 Å². The van der Waals surface area contributed by atoms with E-state index in [1.54, 1.807) is 24.7 Å². The average Bonchev–Trinajstić information content (AvgIpc) is 2.83. The van der Waals surface area contributed by atoms with Gasteiger partial charge in [0, 0.05) is 18.1 Å². The monoisotopic (exact) mass is 229 g/mol. The summed E-state index contributed by atoms with van der Waals surface area (Å²) in [5.41, 5.74) is 1.64. The lowest BCUT2D eigenvalue weighted by atomic mass is 10.3. The maximum atomic E-state index is 10.6. The zero-order valence-electron chi connectivity index (χ0n) is 9.24. The Morgan fingerprint density at radius 1 is 1.35 bits per heavy atom. The van der Waals surface area contributed by atoms with E-state index in [0.29, 0.717) is 5.69 Å². The minimum Gasteiger partial charge on any atom is -0.477 e. The van der Waals surface area contributed by atoms with Crippen molar-refractivity contribution in [2.24, 2.45) is 4.99 Å². The zero-order chi connectivity index (χ0) is 12.3.